The van der Waals surface area contributed by atoms with Gasteiger partial charge in [-0.05, 0) is 19.4 Å². The van der Waals surface area contributed by atoms with Crippen molar-refractivity contribution in [1.29, 1.82) is 0 Å². The minimum absolute atomic E-state index is 0.00127. The van der Waals surface area contributed by atoms with E-state index >= 15 is 0 Å². The topological polar surface area (TPSA) is 72.5 Å². The molecule has 0 aliphatic carbocycles. The molecule has 19 heavy (non-hydrogen) atoms. The molecule has 1 fully saturated rings. The predicted octanol–water partition coefficient (Wildman–Crippen LogP) is 0.184. The van der Waals surface area contributed by atoms with E-state index < -0.39 is 20.6 Å². The molecule has 1 aliphatic heterocycles. The Bertz CT molecular complexity index is 377. The van der Waals surface area contributed by atoms with Gasteiger partial charge in [0.25, 0.3) is 0 Å². The van der Waals surface area contributed by atoms with Crippen LogP contribution in [-0.4, -0.2) is 61.9 Å². The molecule has 7 heteroatoms. The first kappa shape index (κ1) is 17.1. The van der Waals surface area contributed by atoms with E-state index in [1.807, 2.05) is 0 Å². The van der Waals surface area contributed by atoms with Crippen molar-refractivity contribution in [2.24, 2.45) is 5.92 Å². The number of rotatable bonds is 9. The third kappa shape index (κ3) is 7.39. The van der Waals surface area contributed by atoms with Gasteiger partial charge in [0.15, 0.2) is 0 Å². The number of ether oxygens (including phenoxy) is 1. The fourth-order valence-electron chi connectivity index (χ4n) is 2.09. The standard InChI is InChI=1S/C12H25NO4S2/c1-3-5-13-12(11-4-6-17-9-11)10-18(14)7-8-19(2,15)16/h11-13H,3-10H2,1-2H3. The summed E-state index contributed by atoms with van der Waals surface area (Å²) in [5, 5.41) is 3.42. The van der Waals surface area contributed by atoms with E-state index in [0.717, 1.165) is 26.0 Å². The third-order valence-corrected chi connectivity index (χ3v) is 5.83. The second-order valence-electron chi connectivity index (χ2n) is 5.12. The van der Waals surface area contributed by atoms with Crippen LogP contribution in [-0.2, 0) is 25.4 Å². The summed E-state index contributed by atoms with van der Waals surface area (Å²) in [6.07, 6.45) is 3.20. The fourth-order valence-corrected chi connectivity index (χ4v) is 5.00. The Morgan fingerprint density at radius 3 is 2.74 bits per heavy atom. The largest absolute Gasteiger partial charge is 0.381 e. The maximum atomic E-state index is 12.0. The van der Waals surface area contributed by atoms with Gasteiger partial charge >= 0.3 is 0 Å². The molecule has 0 spiro atoms. The van der Waals surface area contributed by atoms with Gasteiger partial charge in [0.2, 0.25) is 0 Å². The van der Waals surface area contributed by atoms with Crippen LogP contribution in [0.4, 0.5) is 0 Å². The first-order valence-electron chi connectivity index (χ1n) is 6.76. The van der Waals surface area contributed by atoms with E-state index in [2.05, 4.69) is 12.2 Å². The Kier molecular flexibility index (Phi) is 7.49. The normalized spacial score (nSPS) is 23.4. The average molecular weight is 311 g/mol. The molecule has 0 saturated carbocycles. The highest BCUT2D eigenvalue weighted by Crippen LogP contribution is 2.17. The number of nitrogens with one attached hydrogen (secondary N) is 1. The van der Waals surface area contributed by atoms with Crippen molar-refractivity contribution in [3.8, 4) is 0 Å². The molecule has 5 nitrogen and oxygen atoms in total. The molecule has 1 heterocycles. The lowest BCUT2D eigenvalue weighted by molar-refractivity contribution is 0.179. The number of hydrogen-bond donors (Lipinski definition) is 1. The molecule has 0 radical (unpaired) electrons. The zero-order chi connectivity index (χ0) is 14.3. The Labute approximate surface area is 118 Å². The number of hydrogen-bond acceptors (Lipinski definition) is 5. The molecular formula is C12H25NO4S2. The molecule has 3 unspecified atom stereocenters. The van der Waals surface area contributed by atoms with Gasteiger partial charge in [0.1, 0.15) is 9.84 Å². The van der Waals surface area contributed by atoms with Crippen LogP contribution in [0.2, 0.25) is 0 Å². The van der Waals surface area contributed by atoms with Gasteiger partial charge in [0, 0.05) is 47.1 Å². The minimum atomic E-state index is -3.03. The maximum absolute atomic E-state index is 12.0. The summed E-state index contributed by atoms with van der Waals surface area (Å²) in [5.74, 6) is 1.15. The van der Waals surface area contributed by atoms with Crippen LogP contribution in [0.1, 0.15) is 19.8 Å². The Morgan fingerprint density at radius 2 is 2.21 bits per heavy atom. The molecule has 0 aromatic rings. The lowest BCUT2D eigenvalue weighted by Crippen LogP contribution is -2.42. The maximum Gasteiger partial charge on any atom is 0.148 e. The van der Waals surface area contributed by atoms with E-state index in [4.69, 9.17) is 4.74 Å². The molecule has 1 saturated heterocycles. The van der Waals surface area contributed by atoms with Crippen molar-refractivity contribution < 1.29 is 17.4 Å². The lowest BCUT2D eigenvalue weighted by atomic mass is 10.0. The van der Waals surface area contributed by atoms with Gasteiger partial charge in [-0.25, -0.2) is 8.42 Å². The summed E-state index contributed by atoms with van der Waals surface area (Å²) >= 11 is 0. The quantitative estimate of drug-likeness (QED) is 0.658. The monoisotopic (exact) mass is 311 g/mol. The molecule has 0 amide bonds. The second-order valence-corrected chi connectivity index (χ2v) is 9.01. The van der Waals surface area contributed by atoms with Crippen molar-refractivity contribution in [2.45, 2.75) is 25.8 Å². The van der Waals surface area contributed by atoms with Gasteiger partial charge in [-0.2, -0.15) is 0 Å². The summed E-state index contributed by atoms with van der Waals surface area (Å²) < 4.78 is 39.5. The molecule has 114 valence electrons. The summed E-state index contributed by atoms with van der Waals surface area (Å²) in [6, 6.07) is 0.169. The van der Waals surface area contributed by atoms with Crippen molar-refractivity contribution in [1.82, 2.24) is 5.32 Å². The molecule has 0 bridgehead atoms. The lowest BCUT2D eigenvalue weighted by Gasteiger charge is -2.23. The van der Waals surface area contributed by atoms with Crippen LogP contribution in [0.3, 0.4) is 0 Å². The average Bonchev–Trinajstić information content (AvgIpc) is 2.84. The third-order valence-electron chi connectivity index (χ3n) is 3.24. The minimum Gasteiger partial charge on any atom is -0.381 e. The Hall–Kier alpha value is 0.0200. The summed E-state index contributed by atoms with van der Waals surface area (Å²) in [4.78, 5) is 0. The van der Waals surface area contributed by atoms with Crippen LogP contribution >= 0.6 is 0 Å². The van der Waals surface area contributed by atoms with Crippen LogP contribution in [0.5, 0.6) is 0 Å². The summed E-state index contributed by atoms with van der Waals surface area (Å²) in [5.41, 5.74) is 0. The van der Waals surface area contributed by atoms with Gasteiger partial charge < -0.3 is 10.1 Å². The fraction of sp³-hybridized carbons (Fsp3) is 1.00. The van der Waals surface area contributed by atoms with Crippen molar-refractivity contribution >= 4 is 20.6 Å². The number of sulfone groups is 1. The SMILES string of the molecule is CCCNC(CS(=O)CCS(C)(=O)=O)C1CCOC1. The van der Waals surface area contributed by atoms with Crippen LogP contribution in [0.15, 0.2) is 0 Å². The molecule has 3 atom stereocenters. The predicted molar refractivity (Wildman–Crippen MR) is 78.6 cm³/mol. The van der Waals surface area contributed by atoms with E-state index in [1.165, 1.54) is 6.26 Å². The van der Waals surface area contributed by atoms with Crippen LogP contribution < -0.4 is 5.32 Å². The van der Waals surface area contributed by atoms with Crippen LogP contribution in [0, 0.1) is 5.92 Å². The van der Waals surface area contributed by atoms with Crippen molar-refractivity contribution in [3.05, 3.63) is 0 Å². The highest BCUT2D eigenvalue weighted by atomic mass is 32.2. The molecule has 1 rings (SSSR count). The van der Waals surface area contributed by atoms with Gasteiger partial charge in [0.05, 0.1) is 12.4 Å². The van der Waals surface area contributed by atoms with Gasteiger partial charge in [-0.3, -0.25) is 4.21 Å². The van der Waals surface area contributed by atoms with E-state index in [9.17, 15) is 12.6 Å². The molecule has 1 aliphatic rings. The van der Waals surface area contributed by atoms with Gasteiger partial charge in [-0.1, -0.05) is 6.92 Å². The zero-order valence-corrected chi connectivity index (χ0v) is 13.4. The van der Waals surface area contributed by atoms with E-state index in [-0.39, 0.29) is 17.5 Å². The summed E-state index contributed by atoms with van der Waals surface area (Å²) in [6.45, 7) is 4.47. The molecule has 0 aromatic heterocycles. The van der Waals surface area contributed by atoms with E-state index in [0.29, 0.717) is 18.3 Å². The molecule has 1 N–H and O–H groups in total. The van der Waals surface area contributed by atoms with Gasteiger partial charge in [-0.15, -0.1) is 0 Å². The summed E-state index contributed by atoms with van der Waals surface area (Å²) in [7, 11) is -4.12. The highest BCUT2D eigenvalue weighted by molar-refractivity contribution is 7.92. The highest BCUT2D eigenvalue weighted by Gasteiger charge is 2.26. The Balaban J connectivity index is 2.44. The smallest absolute Gasteiger partial charge is 0.148 e. The van der Waals surface area contributed by atoms with Crippen molar-refractivity contribution in [2.75, 3.05) is 43.3 Å². The first-order valence-corrected chi connectivity index (χ1v) is 10.3. The van der Waals surface area contributed by atoms with Crippen molar-refractivity contribution in [3.63, 3.8) is 0 Å². The molecule has 0 aromatic carbocycles. The Morgan fingerprint density at radius 1 is 1.47 bits per heavy atom. The van der Waals surface area contributed by atoms with Crippen LogP contribution in [0.25, 0.3) is 0 Å². The first-order chi connectivity index (χ1) is 8.92. The zero-order valence-electron chi connectivity index (χ0n) is 11.8. The van der Waals surface area contributed by atoms with E-state index in [1.54, 1.807) is 0 Å². The molecular weight excluding hydrogens is 286 g/mol. The second kappa shape index (κ2) is 8.34.